The standard InChI is InChI=1S/C13H20N6OS.ClH/c1-9-16-10(2)19(17-9)7-11-6-18(3-4-20-11)8-12-5-15-13(14)21-12;/h5,11H,3-4,6-8H2,1-2H3,(H2,14,15);1H. The van der Waals surface area contributed by atoms with Crippen molar-refractivity contribution in [1.82, 2.24) is 24.6 Å². The summed E-state index contributed by atoms with van der Waals surface area (Å²) < 4.78 is 7.78. The summed E-state index contributed by atoms with van der Waals surface area (Å²) in [6.07, 6.45) is 2.00. The van der Waals surface area contributed by atoms with Gasteiger partial charge in [-0.1, -0.05) is 0 Å². The second-order valence-electron chi connectivity index (χ2n) is 5.28. The molecule has 0 amide bonds. The van der Waals surface area contributed by atoms with Gasteiger partial charge in [-0.25, -0.2) is 14.6 Å². The Labute approximate surface area is 139 Å². The lowest BCUT2D eigenvalue weighted by atomic mass is 10.2. The molecular formula is C13H21ClN6OS. The molecule has 0 saturated carbocycles. The SMILES string of the molecule is Cc1nc(C)n(CC2CN(Cc3cnc(N)s3)CCO2)n1.Cl. The summed E-state index contributed by atoms with van der Waals surface area (Å²) in [4.78, 5) is 12.0. The Morgan fingerprint density at radius 2 is 2.27 bits per heavy atom. The molecule has 1 aliphatic heterocycles. The molecule has 7 nitrogen and oxygen atoms in total. The van der Waals surface area contributed by atoms with E-state index >= 15 is 0 Å². The van der Waals surface area contributed by atoms with Gasteiger partial charge in [-0.15, -0.1) is 23.7 Å². The molecule has 0 aromatic carbocycles. The molecule has 1 aliphatic rings. The van der Waals surface area contributed by atoms with Crippen LogP contribution in [0.15, 0.2) is 6.20 Å². The Hall–Kier alpha value is -1.22. The summed E-state index contributed by atoms with van der Waals surface area (Å²) in [7, 11) is 0. The lowest BCUT2D eigenvalue weighted by molar-refractivity contribution is -0.0402. The van der Waals surface area contributed by atoms with E-state index in [0.717, 1.165) is 44.4 Å². The van der Waals surface area contributed by atoms with Gasteiger partial charge in [0.1, 0.15) is 11.6 Å². The Kier molecular flexibility index (Phi) is 5.74. The number of nitrogens with zero attached hydrogens (tertiary/aromatic N) is 5. The molecule has 2 N–H and O–H groups in total. The average Bonchev–Trinajstić information content (AvgIpc) is 2.96. The summed E-state index contributed by atoms with van der Waals surface area (Å²) in [5.41, 5.74) is 5.68. The zero-order chi connectivity index (χ0) is 14.8. The van der Waals surface area contributed by atoms with E-state index in [0.29, 0.717) is 5.13 Å². The van der Waals surface area contributed by atoms with Crippen molar-refractivity contribution in [2.45, 2.75) is 33.0 Å². The van der Waals surface area contributed by atoms with Crippen LogP contribution in [0.1, 0.15) is 16.5 Å². The van der Waals surface area contributed by atoms with Crippen LogP contribution in [0.25, 0.3) is 0 Å². The van der Waals surface area contributed by atoms with Crippen molar-refractivity contribution < 1.29 is 4.74 Å². The maximum atomic E-state index is 5.85. The average molecular weight is 345 g/mol. The predicted molar refractivity (Wildman–Crippen MR) is 88.3 cm³/mol. The molecule has 2 aromatic rings. The van der Waals surface area contributed by atoms with Gasteiger partial charge in [-0.2, -0.15) is 5.10 Å². The van der Waals surface area contributed by atoms with Crippen LogP contribution in [0.5, 0.6) is 0 Å². The summed E-state index contributed by atoms with van der Waals surface area (Å²) in [6.45, 7) is 8.07. The Morgan fingerprint density at radius 3 is 2.91 bits per heavy atom. The second-order valence-corrected chi connectivity index (χ2v) is 6.43. The number of rotatable bonds is 4. The molecule has 2 aromatic heterocycles. The number of nitrogen functional groups attached to an aromatic ring is 1. The molecule has 1 saturated heterocycles. The lowest BCUT2D eigenvalue weighted by Crippen LogP contribution is -2.43. The highest BCUT2D eigenvalue weighted by molar-refractivity contribution is 7.15. The first-order chi connectivity index (χ1) is 10.1. The van der Waals surface area contributed by atoms with Gasteiger partial charge in [0, 0.05) is 30.7 Å². The van der Waals surface area contributed by atoms with Crippen molar-refractivity contribution in [3.8, 4) is 0 Å². The number of halogens is 1. The minimum absolute atomic E-state index is 0. The molecule has 9 heteroatoms. The van der Waals surface area contributed by atoms with Gasteiger partial charge in [-0.3, -0.25) is 4.90 Å². The lowest BCUT2D eigenvalue weighted by Gasteiger charge is -2.32. The fourth-order valence-electron chi connectivity index (χ4n) is 2.58. The number of aryl methyl sites for hydroxylation is 2. The van der Waals surface area contributed by atoms with Crippen molar-refractivity contribution in [3.63, 3.8) is 0 Å². The van der Waals surface area contributed by atoms with Gasteiger partial charge in [0.2, 0.25) is 0 Å². The molecule has 122 valence electrons. The normalized spacial score (nSPS) is 19.1. The topological polar surface area (TPSA) is 82.1 Å². The first kappa shape index (κ1) is 17.1. The van der Waals surface area contributed by atoms with Gasteiger partial charge in [0.15, 0.2) is 5.13 Å². The fourth-order valence-corrected chi connectivity index (χ4v) is 3.30. The number of morpholine rings is 1. The Balaban J connectivity index is 0.00000176. The van der Waals surface area contributed by atoms with Crippen molar-refractivity contribution in [2.75, 3.05) is 25.4 Å². The van der Waals surface area contributed by atoms with Crippen molar-refractivity contribution >= 4 is 28.9 Å². The van der Waals surface area contributed by atoms with E-state index in [9.17, 15) is 0 Å². The van der Waals surface area contributed by atoms with Gasteiger partial charge in [0.25, 0.3) is 0 Å². The maximum absolute atomic E-state index is 5.85. The fraction of sp³-hybridized carbons (Fsp3) is 0.615. The maximum Gasteiger partial charge on any atom is 0.180 e. The Morgan fingerprint density at radius 1 is 1.45 bits per heavy atom. The van der Waals surface area contributed by atoms with Crippen LogP contribution in [0, 0.1) is 13.8 Å². The predicted octanol–water partition coefficient (Wildman–Crippen LogP) is 1.26. The molecule has 1 fully saturated rings. The third-order valence-electron chi connectivity index (χ3n) is 3.51. The third kappa shape index (κ3) is 4.16. The van der Waals surface area contributed by atoms with Gasteiger partial charge in [0.05, 0.1) is 19.3 Å². The number of nitrogens with two attached hydrogens (primary N) is 1. The molecule has 3 heterocycles. The quantitative estimate of drug-likeness (QED) is 0.899. The van der Waals surface area contributed by atoms with Gasteiger partial charge < -0.3 is 10.5 Å². The Bertz CT molecular complexity index is 615. The van der Waals surface area contributed by atoms with Crippen LogP contribution in [0.3, 0.4) is 0 Å². The van der Waals surface area contributed by atoms with E-state index in [1.165, 1.54) is 4.88 Å². The first-order valence-corrected chi connectivity index (χ1v) is 7.84. The highest BCUT2D eigenvalue weighted by Crippen LogP contribution is 2.18. The van der Waals surface area contributed by atoms with Crippen LogP contribution in [-0.2, 0) is 17.8 Å². The van der Waals surface area contributed by atoms with E-state index in [1.807, 2.05) is 24.7 Å². The minimum Gasteiger partial charge on any atom is -0.375 e. The summed E-state index contributed by atoms with van der Waals surface area (Å²) >= 11 is 1.55. The number of anilines is 1. The highest BCUT2D eigenvalue weighted by atomic mass is 35.5. The number of ether oxygens (including phenoxy) is 1. The molecule has 1 atom stereocenters. The van der Waals surface area contributed by atoms with Gasteiger partial charge >= 0.3 is 0 Å². The van der Waals surface area contributed by atoms with Crippen LogP contribution < -0.4 is 5.73 Å². The van der Waals surface area contributed by atoms with Crippen LogP contribution in [0.4, 0.5) is 5.13 Å². The van der Waals surface area contributed by atoms with E-state index in [1.54, 1.807) is 11.3 Å². The van der Waals surface area contributed by atoms with Crippen molar-refractivity contribution in [2.24, 2.45) is 0 Å². The van der Waals surface area contributed by atoms with Crippen LogP contribution >= 0.6 is 23.7 Å². The van der Waals surface area contributed by atoms with E-state index in [-0.39, 0.29) is 18.5 Å². The van der Waals surface area contributed by atoms with Crippen LogP contribution in [0.2, 0.25) is 0 Å². The smallest absolute Gasteiger partial charge is 0.180 e. The molecule has 1 unspecified atom stereocenters. The molecule has 0 radical (unpaired) electrons. The summed E-state index contributed by atoms with van der Waals surface area (Å²) in [5, 5.41) is 5.03. The van der Waals surface area contributed by atoms with E-state index < -0.39 is 0 Å². The second kappa shape index (κ2) is 7.36. The number of hydrogen-bond acceptors (Lipinski definition) is 7. The van der Waals surface area contributed by atoms with Crippen molar-refractivity contribution in [3.05, 3.63) is 22.7 Å². The molecule has 22 heavy (non-hydrogen) atoms. The summed E-state index contributed by atoms with van der Waals surface area (Å²) in [6, 6.07) is 0. The van der Waals surface area contributed by atoms with Gasteiger partial charge in [-0.05, 0) is 13.8 Å². The zero-order valence-corrected chi connectivity index (χ0v) is 14.4. The minimum atomic E-state index is 0. The molecular weight excluding hydrogens is 324 g/mol. The zero-order valence-electron chi connectivity index (χ0n) is 12.7. The largest absolute Gasteiger partial charge is 0.375 e. The number of thiazole rings is 1. The molecule has 0 bridgehead atoms. The van der Waals surface area contributed by atoms with Crippen molar-refractivity contribution in [1.29, 1.82) is 0 Å². The highest BCUT2D eigenvalue weighted by Gasteiger charge is 2.22. The number of aromatic nitrogens is 4. The molecule has 0 spiro atoms. The molecule has 0 aliphatic carbocycles. The van der Waals surface area contributed by atoms with Crippen LogP contribution in [-0.4, -0.2) is 50.4 Å². The monoisotopic (exact) mass is 344 g/mol. The first-order valence-electron chi connectivity index (χ1n) is 7.02. The molecule has 3 rings (SSSR count). The number of hydrogen-bond donors (Lipinski definition) is 1. The van der Waals surface area contributed by atoms with E-state index in [2.05, 4.69) is 20.0 Å². The van der Waals surface area contributed by atoms with E-state index in [4.69, 9.17) is 10.5 Å². The third-order valence-corrected chi connectivity index (χ3v) is 4.32. The summed E-state index contributed by atoms with van der Waals surface area (Å²) in [5.74, 6) is 1.74.